The van der Waals surface area contributed by atoms with E-state index < -0.39 is 0 Å². The maximum atomic E-state index is 8.76. The van der Waals surface area contributed by atoms with Crippen LogP contribution in [0.25, 0.3) is 0 Å². The Labute approximate surface area is 137 Å². The number of rotatable bonds is 8. The lowest BCUT2D eigenvalue weighted by atomic mass is 10.1. The molecule has 116 valence electrons. The SMILES string of the molecule is N#Cc1cc[n+](CCCCCCC[n+]2ccc(C#N)cc2)cc1. The van der Waals surface area contributed by atoms with Crippen LogP contribution in [0.3, 0.4) is 0 Å². The topological polar surface area (TPSA) is 55.3 Å². The summed E-state index contributed by atoms with van der Waals surface area (Å²) in [5.74, 6) is 0. The van der Waals surface area contributed by atoms with E-state index in [1.165, 1.54) is 32.1 Å². The average Bonchev–Trinajstić information content (AvgIpc) is 2.62. The second-order valence-corrected chi connectivity index (χ2v) is 5.64. The lowest BCUT2D eigenvalue weighted by Gasteiger charge is -2.00. The van der Waals surface area contributed by atoms with Gasteiger partial charge in [0.1, 0.15) is 13.1 Å². The van der Waals surface area contributed by atoms with Gasteiger partial charge in [-0.05, 0) is 12.8 Å². The lowest BCUT2D eigenvalue weighted by molar-refractivity contribution is -0.697. The molecule has 0 aliphatic carbocycles. The number of aromatic nitrogens is 2. The molecule has 0 saturated heterocycles. The number of hydrogen-bond donors (Lipinski definition) is 0. The molecule has 2 aromatic heterocycles. The maximum Gasteiger partial charge on any atom is 0.170 e. The zero-order valence-electron chi connectivity index (χ0n) is 13.4. The highest BCUT2D eigenvalue weighted by Gasteiger charge is 2.02. The van der Waals surface area contributed by atoms with Crippen LogP contribution in [0, 0.1) is 22.7 Å². The molecule has 0 N–H and O–H groups in total. The van der Waals surface area contributed by atoms with Crippen LogP contribution in [0.1, 0.15) is 43.2 Å². The molecule has 0 aliphatic heterocycles. The summed E-state index contributed by atoms with van der Waals surface area (Å²) >= 11 is 0. The Morgan fingerprint density at radius 3 is 1.30 bits per heavy atom. The number of nitriles is 2. The zero-order chi connectivity index (χ0) is 16.3. The van der Waals surface area contributed by atoms with Crippen LogP contribution in [-0.2, 0) is 13.1 Å². The molecule has 0 unspecified atom stereocenters. The predicted octanol–water partition coefficient (Wildman–Crippen LogP) is 2.66. The van der Waals surface area contributed by atoms with Crippen molar-refractivity contribution >= 4 is 0 Å². The van der Waals surface area contributed by atoms with Gasteiger partial charge >= 0.3 is 0 Å². The quantitative estimate of drug-likeness (QED) is 0.556. The first-order chi connectivity index (χ1) is 11.3. The Kier molecular flexibility index (Phi) is 6.75. The number of pyridine rings is 2. The van der Waals surface area contributed by atoms with Crippen molar-refractivity contribution in [2.45, 2.75) is 45.2 Å². The molecule has 0 radical (unpaired) electrons. The second-order valence-electron chi connectivity index (χ2n) is 5.64. The minimum atomic E-state index is 0.710. The maximum absolute atomic E-state index is 8.76. The van der Waals surface area contributed by atoms with E-state index in [1.807, 2.05) is 49.1 Å². The summed E-state index contributed by atoms with van der Waals surface area (Å²) in [4.78, 5) is 0. The monoisotopic (exact) mass is 306 g/mol. The third kappa shape index (κ3) is 5.88. The summed E-state index contributed by atoms with van der Waals surface area (Å²) in [6.45, 7) is 2.02. The molecular weight excluding hydrogens is 284 g/mol. The molecule has 2 aromatic rings. The van der Waals surface area contributed by atoms with Crippen molar-refractivity contribution in [3.05, 3.63) is 60.2 Å². The highest BCUT2D eigenvalue weighted by Crippen LogP contribution is 2.03. The minimum absolute atomic E-state index is 0.710. The molecule has 0 saturated carbocycles. The predicted molar refractivity (Wildman–Crippen MR) is 85.8 cm³/mol. The molecule has 0 aliphatic rings. The van der Waals surface area contributed by atoms with E-state index in [4.69, 9.17) is 10.5 Å². The molecule has 0 fully saturated rings. The average molecular weight is 306 g/mol. The number of unbranched alkanes of at least 4 members (excludes halogenated alkanes) is 4. The van der Waals surface area contributed by atoms with Crippen LogP contribution in [0.2, 0.25) is 0 Å². The Bertz CT molecular complexity index is 614. The summed E-state index contributed by atoms with van der Waals surface area (Å²) < 4.78 is 4.26. The van der Waals surface area contributed by atoms with Crippen LogP contribution in [0.4, 0.5) is 0 Å². The van der Waals surface area contributed by atoms with Crippen LogP contribution in [-0.4, -0.2) is 0 Å². The first kappa shape index (κ1) is 16.6. The minimum Gasteiger partial charge on any atom is -0.205 e. The molecule has 0 aromatic carbocycles. The van der Waals surface area contributed by atoms with E-state index in [-0.39, 0.29) is 0 Å². The van der Waals surface area contributed by atoms with Gasteiger partial charge in [-0.25, -0.2) is 9.13 Å². The molecule has 4 heteroatoms. The van der Waals surface area contributed by atoms with Crippen LogP contribution in [0.5, 0.6) is 0 Å². The van der Waals surface area contributed by atoms with E-state index >= 15 is 0 Å². The Morgan fingerprint density at radius 1 is 0.609 bits per heavy atom. The van der Waals surface area contributed by atoms with Crippen molar-refractivity contribution < 1.29 is 9.13 Å². The highest BCUT2D eigenvalue weighted by molar-refractivity contribution is 5.24. The van der Waals surface area contributed by atoms with Gasteiger partial charge in [0.2, 0.25) is 0 Å². The highest BCUT2D eigenvalue weighted by atomic mass is 14.9. The molecule has 0 bridgehead atoms. The number of nitrogens with zero attached hydrogens (tertiary/aromatic N) is 4. The zero-order valence-corrected chi connectivity index (χ0v) is 13.4. The fourth-order valence-electron chi connectivity index (χ4n) is 2.48. The van der Waals surface area contributed by atoms with Crippen molar-refractivity contribution in [3.8, 4) is 12.1 Å². The van der Waals surface area contributed by atoms with Gasteiger partial charge in [0, 0.05) is 37.1 Å². The van der Waals surface area contributed by atoms with Gasteiger partial charge in [-0.2, -0.15) is 10.5 Å². The van der Waals surface area contributed by atoms with Crippen LogP contribution < -0.4 is 9.13 Å². The van der Waals surface area contributed by atoms with Gasteiger partial charge < -0.3 is 0 Å². The Hall–Kier alpha value is -2.72. The van der Waals surface area contributed by atoms with Gasteiger partial charge in [-0.15, -0.1) is 0 Å². The van der Waals surface area contributed by atoms with Gasteiger partial charge in [0.05, 0.1) is 23.3 Å². The van der Waals surface area contributed by atoms with Crippen molar-refractivity contribution in [2.24, 2.45) is 0 Å². The first-order valence-corrected chi connectivity index (χ1v) is 8.10. The third-order valence-electron chi connectivity index (χ3n) is 3.87. The summed E-state index contributed by atoms with van der Waals surface area (Å²) in [6, 6.07) is 11.7. The lowest BCUT2D eigenvalue weighted by Crippen LogP contribution is -2.32. The van der Waals surface area contributed by atoms with Gasteiger partial charge in [-0.3, -0.25) is 0 Å². The summed E-state index contributed by atoms with van der Waals surface area (Å²) in [6.07, 6.45) is 13.9. The van der Waals surface area contributed by atoms with E-state index in [0.717, 1.165) is 13.1 Å². The van der Waals surface area contributed by atoms with E-state index in [0.29, 0.717) is 11.1 Å². The van der Waals surface area contributed by atoms with Crippen LogP contribution >= 0.6 is 0 Å². The summed E-state index contributed by atoms with van der Waals surface area (Å²) in [5, 5.41) is 17.5. The van der Waals surface area contributed by atoms with Crippen molar-refractivity contribution in [1.29, 1.82) is 10.5 Å². The van der Waals surface area contributed by atoms with Gasteiger partial charge in [0.15, 0.2) is 24.8 Å². The smallest absolute Gasteiger partial charge is 0.170 e. The Balaban J connectivity index is 1.55. The van der Waals surface area contributed by atoms with E-state index in [9.17, 15) is 0 Å². The van der Waals surface area contributed by atoms with Gasteiger partial charge in [0.25, 0.3) is 0 Å². The van der Waals surface area contributed by atoms with Crippen molar-refractivity contribution in [3.63, 3.8) is 0 Å². The van der Waals surface area contributed by atoms with Gasteiger partial charge in [-0.1, -0.05) is 6.42 Å². The van der Waals surface area contributed by atoms with E-state index in [1.54, 1.807) is 0 Å². The molecule has 2 rings (SSSR count). The third-order valence-corrected chi connectivity index (χ3v) is 3.87. The standard InChI is InChI=1S/C19H22N4/c20-16-18-6-12-22(13-7-18)10-4-2-1-3-5-11-23-14-8-19(17-21)9-15-23/h6-9,12-15H,1-5,10-11H2/q+2. The fourth-order valence-corrected chi connectivity index (χ4v) is 2.48. The number of aryl methyl sites for hydroxylation is 2. The molecule has 0 amide bonds. The van der Waals surface area contributed by atoms with Crippen molar-refractivity contribution in [1.82, 2.24) is 0 Å². The molecule has 4 nitrogen and oxygen atoms in total. The number of hydrogen-bond acceptors (Lipinski definition) is 2. The molecule has 0 atom stereocenters. The molecule has 23 heavy (non-hydrogen) atoms. The van der Waals surface area contributed by atoms with E-state index in [2.05, 4.69) is 21.3 Å². The fraction of sp³-hybridized carbons (Fsp3) is 0.368. The second kappa shape index (κ2) is 9.33. The normalized spacial score (nSPS) is 10.0. The Morgan fingerprint density at radius 2 is 0.957 bits per heavy atom. The largest absolute Gasteiger partial charge is 0.205 e. The molecular formula is C19H22N4+2. The summed E-state index contributed by atoms with van der Waals surface area (Å²) in [7, 11) is 0. The first-order valence-electron chi connectivity index (χ1n) is 8.10. The molecule has 0 spiro atoms. The summed E-state index contributed by atoms with van der Waals surface area (Å²) in [5.41, 5.74) is 1.42. The van der Waals surface area contributed by atoms with Crippen LogP contribution in [0.15, 0.2) is 49.1 Å². The van der Waals surface area contributed by atoms with Crippen molar-refractivity contribution in [2.75, 3.05) is 0 Å². The molecule has 2 heterocycles.